The van der Waals surface area contributed by atoms with E-state index in [1.165, 1.54) is 58.4 Å². The summed E-state index contributed by atoms with van der Waals surface area (Å²) in [7, 11) is 0. The molecule has 4 heteroatoms. The van der Waals surface area contributed by atoms with Crippen LogP contribution in [0.15, 0.2) is 0 Å². The lowest BCUT2D eigenvalue weighted by atomic mass is 9.74. The number of hydrogen-bond donors (Lipinski definition) is 1. The molecule has 0 aromatic carbocycles. The number of fused-ring (bicyclic) bond motifs is 1. The zero-order valence-electron chi connectivity index (χ0n) is 16.4. The fourth-order valence-corrected chi connectivity index (χ4v) is 5.45. The fraction of sp³-hybridized carbons (Fsp3) is 1.00. The van der Waals surface area contributed by atoms with E-state index in [9.17, 15) is 0 Å². The Bertz CT molecular complexity index is 456. The van der Waals surface area contributed by atoms with Crippen molar-refractivity contribution in [2.45, 2.75) is 89.1 Å². The minimum atomic E-state index is 0.179. The van der Waals surface area contributed by atoms with Crippen LogP contribution in [-0.4, -0.2) is 71.3 Å². The summed E-state index contributed by atoms with van der Waals surface area (Å²) in [5.41, 5.74) is 0.667. The van der Waals surface area contributed by atoms with Gasteiger partial charge in [0, 0.05) is 49.7 Å². The molecule has 0 amide bonds. The van der Waals surface area contributed by atoms with E-state index in [0.29, 0.717) is 11.6 Å². The van der Waals surface area contributed by atoms with Gasteiger partial charge < -0.3 is 10.1 Å². The molecule has 4 heterocycles. The minimum Gasteiger partial charge on any atom is -0.370 e. The lowest BCUT2D eigenvalue weighted by molar-refractivity contribution is -0.262. The molecule has 24 heavy (non-hydrogen) atoms. The third-order valence-corrected chi connectivity index (χ3v) is 7.54. The summed E-state index contributed by atoms with van der Waals surface area (Å²) in [6.07, 6.45) is 5.46. The number of likely N-dealkylation sites (tertiary alicyclic amines) is 2. The van der Waals surface area contributed by atoms with Crippen molar-refractivity contribution >= 4 is 0 Å². The van der Waals surface area contributed by atoms with Crippen LogP contribution in [0.4, 0.5) is 0 Å². The number of rotatable bonds is 2. The Morgan fingerprint density at radius 1 is 1.00 bits per heavy atom. The summed E-state index contributed by atoms with van der Waals surface area (Å²) in [6, 6.07) is 0.730. The zero-order valence-corrected chi connectivity index (χ0v) is 16.4. The lowest BCUT2D eigenvalue weighted by Gasteiger charge is -2.59. The van der Waals surface area contributed by atoms with E-state index in [1.54, 1.807) is 0 Å². The highest BCUT2D eigenvalue weighted by atomic mass is 16.5. The fourth-order valence-electron chi connectivity index (χ4n) is 5.45. The summed E-state index contributed by atoms with van der Waals surface area (Å²) < 4.78 is 6.64. The topological polar surface area (TPSA) is 27.7 Å². The molecule has 0 saturated carbocycles. The molecule has 138 valence electrons. The van der Waals surface area contributed by atoms with Gasteiger partial charge >= 0.3 is 0 Å². The van der Waals surface area contributed by atoms with Gasteiger partial charge in [0.2, 0.25) is 0 Å². The first kappa shape index (κ1) is 17.3. The Balaban J connectivity index is 1.32. The number of nitrogens with one attached hydrogen (secondary N) is 1. The normalized spacial score (nSPS) is 37.6. The van der Waals surface area contributed by atoms with Crippen LogP contribution in [0.1, 0.15) is 60.3 Å². The molecular weight excluding hydrogens is 298 g/mol. The standard InChI is InChI=1S/C20H37N3O/c1-18(2,3)22-10-7-20(8-11-22)12-17(24-20)19(4,5)23-13-15-6-9-21-16(15)14-23/h15-17,21H,6-14H2,1-5H3. The first-order chi connectivity index (χ1) is 11.2. The van der Waals surface area contributed by atoms with Crippen molar-refractivity contribution in [2.24, 2.45) is 5.92 Å². The van der Waals surface area contributed by atoms with Gasteiger partial charge in [-0.05, 0) is 66.3 Å². The highest BCUT2D eigenvalue weighted by Crippen LogP contribution is 2.48. The van der Waals surface area contributed by atoms with Gasteiger partial charge in [0.1, 0.15) is 0 Å². The Morgan fingerprint density at radius 2 is 1.67 bits per heavy atom. The third-order valence-electron chi connectivity index (χ3n) is 7.54. The molecular formula is C20H37N3O. The van der Waals surface area contributed by atoms with Crippen molar-refractivity contribution in [3.8, 4) is 0 Å². The quantitative estimate of drug-likeness (QED) is 0.839. The van der Waals surface area contributed by atoms with Gasteiger partial charge in [-0.1, -0.05) is 0 Å². The molecule has 4 aliphatic heterocycles. The molecule has 0 aromatic heterocycles. The van der Waals surface area contributed by atoms with Crippen LogP contribution >= 0.6 is 0 Å². The van der Waals surface area contributed by atoms with Gasteiger partial charge in [0.25, 0.3) is 0 Å². The molecule has 0 aliphatic carbocycles. The van der Waals surface area contributed by atoms with Crippen LogP contribution < -0.4 is 5.32 Å². The third kappa shape index (κ3) is 2.84. The van der Waals surface area contributed by atoms with Crippen molar-refractivity contribution in [1.82, 2.24) is 15.1 Å². The van der Waals surface area contributed by atoms with Crippen LogP contribution in [0.2, 0.25) is 0 Å². The van der Waals surface area contributed by atoms with E-state index in [-0.39, 0.29) is 11.1 Å². The Hall–Kier alpha value is -0.160. The summed E-state index contributed by atoms with van der Waals surface area (Å²) in [6.45, 7) is 17.9. The highest BCUT2D eigenvalue weighted by Gasteiger charge is 2.55. The Labute approximate surface area is 148 Å². The first-order valence-corrected chi connectivity index (χ1v) is 10.1. The van der Waals surface area contributed by atoms with Gasteiger partial charge in [0.05, 0.1) is 11.7 Å². The number of ether oxygens (including phenoxy) is 1. The molecule has 0 bridgehead atoms. The second kappa shape index (κ2) is 5.67. The summed E-state index contributed by atoms with van der Waals surface area (Å²) in [5, 5.41) is 3.68. The van der Waals surface area contributed by atoms with Crippen LogP contribution in [0.3, 0.4) is 0 Å². The highest BCUT2D eigenvalue weighted by molar-refractivity contribution is 5.08. The average Bonchev–Trinajstić information content (AvgIpc) is 3.05. The molecule has 4 fully saturated rings. The van der Waals surface area contributed by atoms with Crippen molar-refractivity contribution < 1.29 is 4.74 Å². The largest absolute Gasteiger partial charge is 0.370 e. The van der Waals surface area contributed by atoms with Crippen molar-refractivity contribution in [3.63, 3.8) is 0 Å². The minimum absolute atomic E-state index is 0.179. The Kier molecular flexibility index (Phi) is 4.08. The molecule has 1 spiro atoms. The van der Waals surface area contributed by atoms with E-state index in [1.807, 2.05) is 0 Å². The average molecular weight is 336 g/mol. The SMILES string of the molecule is CC(C)(C)N1CCC2(CC1)CC(C(C)(C)N1CC3CCNC3C1)O2. The smallest absolute Gasteiger partial charge is 0.0788 e. The van der Waals surface area contributed by atoms with E-state index < -0.39 is 0 Å². The number of nitrogens with zero attached hydrogens (tertiary/aromatic N) is 2. The monoisotopic (exact) mass is 335 g/mol. The second-order valence-corrected chi connectivity index (χ2v) is 10.3. The molecule has 0 radical (unpaired) electrons. The van der Waals surface area contributed by atoms with Crippen LogP contribution in [0, 0.1) is 5.92 Å². The van der Waals surface area contributed by atoms with Crippen LogP contribution in [0.5, 0.6) is 0 Å². The van der Waals surface area contributed by atoms with Crippen LogP contribution in [0.25, 0.3) is 0 Å². The second-order valence-electron chi connectivity index (χ2n) is 10.3. The molecule has 0 aromatic rings. The number of piperidine rings is 1. The van der Waals surface area contributed by atoms with Gasteiger partial charge in [-0.2, -0.15) is 0 Å². The van der Waals surface area contributed by atoms with Gasteiger partial charge in [0.15, 0.2) is 0 Å². The maximum absolute atomic E-state index is 6.64. The molecule has 3 unspecified atom stereocenters. The van der Waals surface area contributed by atoms with E-state index in [0.717, 1.165) is 12.0 Å². The van der Waals surface area contributed by atoms with Crippen molar-refractivity contribution in [3.05, 3.63) is 0 Å². The van der Waals surface area contributed by atoms with Crippen molar-refractivity contribution in [2.75, 3.05) is 32.7 Å². The van der Waals surface area contributed by atoms with E-state index in [4.69, 9.17) is 4.74 Å². The zero-order chi connectivity index (χ0) is 17.2. The van der Waals surface area contributed by atoms with Crippen molar-refractivity contribution in [1.29, 1.82) is 0 Å². The van der Waals surface area contributed by atoms with E-state index in [2.05, 4.69) is 49.7 Å². The molecule has 4 nitrogen and oxygen atoms in total. The summed E-state index contributed by atoms with van der Waals surface area (Å²) in [5.74, 6) is 0.869. The molecule has 4 rings (SSSR count). The molecule has 1 N–H and O–H groups in total. The van der Waals surface area contributed by atoms with Gasteiger partial charge in [-0.3, -0.25) is 9.80 Å². The lowest BCUT2D eigenvalue weighted by Crippen LogP contribution is -2.67. The maximum Gasteiger partial charge on any atom is 0.0788 e. The predicted octanol–water partition coefficient (Wildman–Crippen LogP) is 2.48. The molecule has 3 atom stereocenters. The summed E-state index contributed by atoms with van der Waals surface area (Å²) >= 11 is 0. The first-order valence-electron chi connectivity index (χ1n) is 10.1. The Morgan fingerprint density at radius 3 is 2.25 bits per heavy atom. The summed E-state index contributed by atoms with van der Waals surface area (Å²) in [4.78, 5) is 5.32. The predicted molar refractivity (Wildman–Crippen MR) is 98.3 cm³/mol. The maximum atomic E-state index is 6.64. The van der Waals surface area contributed by atoms with Gasteiger partial charge in [-0.15, -0.1) is 0 Å². The molecule has 4 aliphatic rings. The van der Waals surface area contributed by atoms with E-state index >= 15 is 0 Å². The number of hydrogen-bond acceptors (Lipinski definition) is 4. The van der Waals surface area contributed by atoms with Gasteiger partial charge in [-0.25, -0.2) is 0 Å². The van der Waals surface area contributed by atoms with Crippen LogP contribution in [-0.2, 0) is 4.74 Å². The molecule has 4 saturated heterocycles.